The van der Waals surface area contributed by atoms with E-state index in [1.807, 2.05) is 6.07 Å². The van der Waals surface area contributed by atoms with Crippen molar-refractivity contribution in [2.24, 2.45) is 4.99 Å². The minimum atomic E-state index is -0.328. The van der Waals surface area contributed by atoms with Crippen LogP contribution in [-0.4, -0.2) is 23.0 Å². The average molecular weight is 405 g/mol. The number of fused-ring (bicyclic) bond motifs is 1. The number of aromatic hydroxyl groups is 1. The lowest BCUT2D eigenvalue weighted by Gasteiger charge is -2.14. The highest BCUT2D eigenvalue weighted by molar-refractivity contribution is 6.30. The van der Waals surface area contributed by atoms with Crippen LogP contribution in [0.15, 0.2) is 82.6 Å². The third-order valence-corrected chi connectivity index (χ3v) is 4.80. The molecule has 0 atom stereocenters. The number of aromatic nitrogens is 1. The van der Waals surface area contributed by atoms with Crippen LogP contribution in [0, 0.1) is 0 Å². The van der Waals surface area contributed by atoms with Crippen LogP contribution in [0.25, 0.3) is 16.5 Å². The predicted molar refractivity (Wildman–Crippen MR) is 116 cm³/mol. The Bertz CT molecular complexity index is 1300. The second kappa shape index (κ2) is 7.81. The van der Waals surface area contributed by atoms with Gasteiger partial charge in [0, 0.05) is 28.1 Å². The average Bonchev–Trinajstić information content (AvgIpc) is 2.74. The molecule has 144 valence electrons. The lowest BCUT2D eigenvalue weighted by atomic mass is 10.1. The maximum absolute atomic E-state index is 13.1. The van der Waals surface area contributed by atoms with Crippen molar-refractivity contribution in [2.75, 3.05) is 7.11 Å². The number of hydrogen-bond acceptors (Lipinski definition) is 4. The van der Waals surface area contributed by atoms with E-state index in [4.69, 9.17) is 16.3 Å². The summed E-state index contributed by atoms with van der Waals surface area (Å²) >= 11 is 6.03. The summed E-state index contributed by atoms with van der Waals surface area (Å²) in [6, 6.07) is 21.1. The second-order valence-electron chi connectivity index (χ2n) is 6.36. The standard InChI is InChI=1S/C23H17ClN2O3/c1-29-18-9-5-8-17(13-18)26-22(27)20-11-3-2-10-19(20)21(23(26)28)14-25-16-7-4-6-15(24)12-16/h2-14,28H,1H3. The van der Waals surface area contributed by atoms with Gasteiger partial charge < -0.3 is 9.84 Å². The number of benzene rings is 3. The van der Waals surface area contributed by atoms with Crippen LogP contribution in [0.2, 0.25) is 5.02 Å². The fourth-order valence-electron chi connectivity index (χ4n) is 3.17. The van der Waals surface area contributed by atoms with Crippen LogP contribution in [0.1, 0.15) is 5.56 Å². The molecular formula is C23H17ClN2O3. The number of hydrogen-bond donors (Lipinski definition) is 1. The first-order valence-corrected chi connectivity index (χ1v) is 9.27. The lowest BCUT2D eigenvalue weighted by Crippen LogP contribution is -2.20. The monoisotopic (exact) mass is 404 g/mol. The summed E-state index contributed by atoms with van der Waals surface area (Å²) in [6.45, 7) is 0. The second-order valence-corrected chi connectivity index (χ2v) is 6.80. The fourth-order valence-corrected chi connectivity index (χ4v) is 3.36. The molecule has 0 aliphatic heterocycles. The smallest absolute Gasteiger partial charge is 0.265 e. The summed E-state index contributed by atoms with van der Waals surface area (Å²) in [4.78, 5) is 17.6. The summed E-state index contributed by atoms with van der Waals surface area (Å²) < 4.78 is 6.51. The molecule has 4 rings (SSSR count). The van der Waals surface area contributed by atoms with Crippen molar-refractivity contribution in [3.63, 3.8) is 0 Å². The molecule has 0 radical (unpaired) electrons. The Labute approximate surface area is 172 Å². The predicted octanol–water partition coefficient (Wildman–Crippen LogP) is 5.11. The van der Waals surface area contributed by atoms with Crippen molar-refractivity contribution in [1.29, 1.82) is 0 Å². The highest BCUT2D eigenvalue weighted by atomic mass is 35.5. The lowest BCUT2D eigenvalue weighted by molar-refractivity contribution is 0.413. The summed E-state index contributed by atoms with van der Waals surface area (Å²) in [5, 5.41) is 12.7. The van der Waals surface area contributed by atoms with Gasteiger partial charge in [-0.15, -0.1) is 0 Å². The maximum atomic E-state index is 13.1. The van der Waals surface area contributed by atoms with Gasteiger partial charge in [0.2, 0.25) is 5.88 Å². The summed E-state index contributed by atoms with van der Waals surface area (Å²) in [6.07, 6.45) is 1.54. The number of nitrogens with zero attached hydrogens (tertiary/aromatic N) is 2. The van der Waals surface area contributed by atoms with Crippen LogP contribution >= 0.6 is 11.6 Å². The SMILES string of the molecule is COc1cccc(-n2c(O)c(C=Nc3cccc(Cl)c3)c3ccccc3c2=O)c1. The number of ether oxygens (including phenoxy) is 1. The molecule has 29 heavy (non-hydrogen) atoms. The number of pyridine rings is 1. The van der Waals surface area contributed by atoms with E-state index < -0.39 is 0 Å². The van der Waals surface area contributed by atoms with Gasteiger partial charge in [-0.05, 0) is 36.4 Å². The van der Waals surface area contributed by atoms with Crippen molar-refractivity contribution in [1.82, 2.24) is 4.57 Å². The molecule has 0 saturated heterocycles. The molecule has 0 aliphatic carbocycles. The van der Waals surface area contributed by atoms with E-state index in [2.05, 4.69) is 4.99 Å². The Hall–Kier alpha value is -3.57. The van der Waals surface area contributed by atoms with Crippen LogP contribution in [0.5, 0.6) is 11.6 Å². The van der Waals surface area contributed by atoms with Crippen LogP contribution in [0.3, 0.4) is 0 Å². The minimum Gasteiger partial charge on any atom is -0.497 e. The van der Waals surface area contributed by atoms with E-state index in [1.54, 1.807) is 80.1 Å². The largest absolute Gasteiger partial charge is 0.497 e. The minimum absolute atomic E-state index is 0.201. The van der Waals surface area contributed by atoms with Crippen molar-refractivity contribution >= 4 is 34.3 Å². The third-order valence-electron chi connectivity index (χ3n) is 4.57. The van der Waals surface area contributed by atoms with Crippen molar-refractivity contribution in [2.45, 2.75) is 0 Å². The van der Waals surface area contributed by atoms with Crippen LogP contribution < -0.4 is 10.3 Å². The van der Waals surface area contributed by atoms with Crippen LogP contribution in [-0.2, 0) is 0 Å². The van der Waals surface area contributed by atoms with Gasteiger partial charge in [0.15, 0.2) is 0 Å². The molecule has 6 heteroatoms. The number of aliphatic imine (C=N–C) groups is 1. The van der Waals surface area contributed by atoms with Crippen molar-refractivity contribution < 1.29 is 9.84 Å². The molecule has 0 fully saturated rings. The van der Waals surface area contributed by atoms with Gasteiger partial charge in [-0.3, -0.25) is 9.79 Å². The summed E-state index contributed by atoms with van der Waals surface area (Å²) in [5.41, 5.74) is 1.24. The van der Waals surface area contributed by atoms with Crippen molar-refractivity contribution in [3.05, 3.63) is 93.7 Å². The molecule has 4 aromatic rings. The van der Waals surface area contributed by atoms with Gasteiger partial charge in [0.25, 0.3) is 5.56 Å². The van der Waals surface area contributed by atoms with Gasteiger partial charge in [0.1, 0.15) is 5.75 Å². The van der Waals surface area contributed by atoms with E-state index in [0.717, 1.165) is 0 Å². The van der Waals surface area contributed by atoms with Crippen molar-refractivity contribution in [3.8, 4) is 17.3 Å². The quantitative estimate of drug-likeness (QED) is 0.481. The zero-order valence-electron chi connectivity index (χ0n) is 15.5. The van der Waals surface area contributed by atoms with E-state index >= 15 is 0 Å². The number of halogens is 1. The normalized spacial score (nSPS) is 11.2. The molecule has 5 nitrogen and oxygen atoms in total. The van der Waals surface area contributed by atoms with Gasteiger partial charge in [-0.2, -0.15) is 0 Å². The molecular weight excluding hydrogens is 388 g/mol. The van der Waals surface area contributed by atoms with E-state index in [1.165, 1.54) is 4.57 Å². The van der Waals surface area contributed by atoms with Gasteiger partial charge >= 0.3 is 0 Å². The number of methoxy groups -OCH3 is 1. The molecule has 1 heterocycles. The molecule has 0 unspecified atom stereocenters. The Morgan fingerprint density at radius 2 is 1.76 bits per heavy atom. The Morgan fingerprint density at radius 3 is 2.52 bits per heavy atom. The first-order valence-electron chi connectivity index (χ1n) is 8.89. The fraction of sp³-hybridized carbons (Fsp3) is 0.0435. The molecule has 0 bridgehead atoms. The van der Waals surface area contributed by atoms with Gasteiger partial charge in [-0.25, -0.2) is 4.57 Å². The maximum Gasteiger partial charge on any atom is 0.265 e. The molecule has 0 aliphatic rings. The molecule has 0 spiro atoms. The van der Waals surface area contributed by atoms with Gasteiger partial charge in [0.05, 0.1) is 24.0 Å². The topological polar surface area (TPSA) is 63.8 Å². The van der Waals surface area contributed by atoms with E-state index in [9.17, 15) is 9.90 Å². The Morgan fingerprint density at radius 1 is 1.00 bits per heavy atom. The summed E-state index contributed by atoms with van der Waals surface area (Å²) in [7, 11) is 1.55. The highest BCUT2D eigenvalue weighted by Crippen LogP contribution is 2.28. The van der Waals surface area contributed by atoms with E-state index in [-0.39, 0.29) is 11.4 Å². The third kappa shape index (κ3) is 3.60. The van der Waals surface area contributed by atoms with Crippen LogP contribution in [0.4, 0.5) is 5.69 Å². The highest BCUT2D eigenvalue weighted by Gasteiger charge is 2.16. The summed E-state index contributed by atoms with van der Waals surface area (Å²) in [5.74, 6) is 0.379. The van der Waals surface area contributed by atoms with E-state index in [0.29, 0.717) is 38.5 Å². The molecule has 3 aromatic carbocycles. The van der Waals surface area contributed by atoms with Gasteiger partial charge in [-0.1, -0.05) is 41.9 Å². The first-order chi connectivity index (χ1) is 14.1. The zero-order valence-corrected chi connectivity index (χ0v) is 16.3. The molecule has 0 amide bonds. The molecule has 0 saturated carbocycles. The molecule has 1 aromatic heterocycles. The zero-order chi connectivity index (χ0) is 20.4. The first kappa shape index (κ1) is 18.8. The number of rotatable bonds is 4. The Balaban J connectivity index is 1.97. The molecule has 1 N–H and O–H groups in total. The Kier molecular flexibility index (Phi) is 5.06.